The molecule has 1 aromatic heterocycles. The highest BCUT2D eigenvalue weighted by Crippen LogP contribution is 2.24. The molecule has 1 aliphatic rings. The van der Waals surface area contributed by atoms with Crippen LogP contribution in [0, 0.1) is 5.92 Å². The normalized spacial score (nSPS) is 17.1. The lowest BCUT2D eigenvalue weighted by Gasteiger charge is -2.40. The smallest absolute Gasteiger partial charge is 0.306 e. The fraction of sp³-hybridized carbons (Fsp3) is 0.455. The third-order valence-corrected chi connectivity index (χ3v) is 5.24. The van der Waals surface area contributed by atoms with E-state index < -0.39 is 11.9 Å². The minimum Gasteiger partial charge on any atom is -0.481 e. The number of carbonyl (C=O) groups is 1. The second-order valence-electron chi connectivity index (χ2n) is 7.17. The van der Waals surface area contributed by atoms with Gasteiger partial charge in [-0.05, 0) is 30.7 Å². The Morgan fingerprint density at radius 1 is 1.11 bits per heavy atom. The number of para-hydroxylation sites is 1. The Morgan fingerprint density at radius 2 is 1.79 bits per heavy atom. The molecule has 0 spiro atoms. The lowest BCUT2D eigenvalue weighted by molar-refractivity contribution is -0.144. The molecule has 0 radical (unpaired) electrons. The van der Waals surface area contributed by atoms with Crippen LogP contribution in [0.5, 0.6) is 5.75 Å². The molecule has 2 unspecified atom stereocenters. The summed E-state index contributed by atoms with van der Waals surface area (Å²) >= 11 is 0. The number of carboxylic acid groups (broad SMARTS) is 1. The Kier molecular flexibility index (Phi) is 7.25. The molecule has 1 aromatic carbocycles. The molecule has 3 rings (SSSR count). The molecule has 1 saturated heterocycles. The Balaban J connectivity index is 1.68. The first-order chi connectivity index (χ1) is 13.7. The molecule has 150 valence electrons. The zero-order valence-electron chi connectivity index (χ0n) is 16.4. The summed E-state index contributed by atoms with van der Waals surface area (Å²) in [5.41, 5.74) is 1.17. The van der Waals surface area contributed by atoms with Gasteiger partial charge in [0.1, 0.15) is 5.75 Å². The molecule has 0 aliphatic carbocycles. The van der Waals surface area contributed by atoms with Crippen LogP contribution in [-0.4, -0.2) is 53.4 Å². The molecule has 6 nitrogen and oxygen atoms in total. The van der Waals surface area contributed by atoms with Gasteiger partial charge in [-0.3, -0.25) is 14.7 Å². The van der Waals surface area contributed by atoms with Gasteiger partial charge in [0, 0.05) is 50.7 Å². The lowest BCUT2D eigenvalue weighted by Crippen LogP contribution is -2.53. The average Bonchev–Trinajstić information content (AvgIpc) is 2.74. The van der Waals surface area contributed by atoms with Crippen molar-refractivity contribution in [2.75, 3.05) is 31.1 Å². The molecule has 1 N–H and O–H groups in total. The Bertz CT molecular complexity index is 718. The van der Waals surface area contributed by atoms with E-state index in [9.17, 15) is 9.90 Å². The highest BCUT2D eigenvalue weighted by Gasteiger charge is 2.30. The molecule has 0 saturated carbocycles. The monoisotopic (exact) mass is 383 g/mol. The maximum absolute atomic E-state index is 11.7. The molecule has 2 atom stereocenters. The van der Waals surface area contributed by atoms with Gasteiger partial charge in [-0.2, -0.15) is 0 Å². The summed E-state index contributed by atoms with van der Waals surface area (Å²) in [5, 5.41) is 9.62. The number of ether oxygens (including phenoxy) is 1. The van der Waals surface area contributed by atoms with Gasteiger partial charge in [0.15, 0.2) is 6.23 Å². The molecule has 2 aromatic rings. The van der Waals surface area contributed by atoms with Gasteiger partial charge in [0.05, 0.1) is 5.92 Å². The fourth-order valence-corrected chi connectivity index (χ4v) is 3.68. The zero-order valence-corrected chi connectivity index (χ0v) is 16.4. The van der Waals surface area contributed by atoms with Gasteiger partial charge in [-0.1, -0.05) is 31.5 Å². The number of hydrogen-bond donors (Lipinski definition) is 1. The second kappa shape index (κ2) is 10.1. The van der Waals surface area contributed by atoms with E-state index in [4.69, 9.17) is 4.74 Å². The minimum absolute atomic E-state index is 0.241. The van der Waals surface area contributed by atoms with Crippen LogP contribution in [0.25, 0.3) is 0 Å². The minimum atomic E-state index is -0.737. The number of benzene rings is 1. The predicted molar refractivity (Wildman–Crippen MR) is 110 cm³/mol. The number of anilines is 1. The summed E-state index contributed by atoms with van der Waals surface area (Å²) in [7, 11) is 0. The summed E-state index contributed by atoms with van der Waals surface area (Å²) in [4.78, 5) is 20.4. The van der Waals surface area contributed by atoms with E-state index in [2.05, 4.69) is 14.8 Å². The van der Waals surface area contributed by atoms with E-state index in [0.717, 1.165) is 38.3 Å². The van der Waals surface area contributed by atoms with Gasteiger partial charge < -0.3 is 14.7 Å². The number of hydrogen-bond acceptors (Lipinski definition) is 5. The third kappa shape index (κ3) is 5.45. The largest absolute Gasteiger partial charge is 0.481 e. The first kappa shape index (κ1) is 20.1. The second-order valence-corrected chi connectivity index (χ2v) is 7.17. The highest BCUT2D eigenvalue weighted by atomic mass is 16.5. The molecule has 0 bridgehead atoms. The summed E-state index contributed by atoms with van der Waals surface area (Å²) in [6.45, 7) is 5.45. The van der Waals surface area contributed by atoms with E-state index in [1.165, 1.54) is 5.69 Å². The number of aromatic nitrogens is 1. The number of pyridine rings is 1. The maximum atomic E-state index is 11.7. The standard InChI is InChI=1S/C22H29N3O3/c1-2-6-18(22(26)27)17-21(28-20-7-4-3-5-8-20)25-15-13-24(14-16-25)19-9-11-23-12-10-19/h3-5,7-12,18,21H,2,6,13-17H2,1H3,(H,26,27). The maximum Gasteiger partial charge on any atom is 0.306 e. The van der Waals surface area contributed by atoms with Crippen molar-refractivity contribution in [3.63, 3.8) is 0 Å². The molecular weight excluding hydrogens is 354 g/mol. The third-order valence-electron chi connectivity index (χ3n) is 5.24. The lowest BCUT2D eigenvalue weighted by atomic mass is 9.98. The van der Waals surface area contributed by atoms with Crippen LogP contribution in [0.15, 0.2) is 54.9 Å². The fourth-order valence-electron chi connectivity index (χ4n) is 3.68. The molecule has 6 heteroatoms. The van der Waals surface area contributed by atoms with Crippen LogP contribution in [0.3, 0.4) is 0 Å². The number of rotatable bonds is 9. The van der Waals surface area contributed by atoms with Crippen molar-refractivity contribution in [2.45, 2.75) is 32.4 Å². The van der Waals surface area contributed by atoms with Crippen LogP contribution < -0.4 is 9.64 Å². The van der Waals surface area contributed by atoms with Crippen molar-refractivity contribution in [3.8, 4) is 5.75 Å². The SMILES string of the molecule is CCCC(CC(Oc1ccccc1)N1CCN(c2ccncc2)CC1)C(=O)O. The number of carboxylic acids is 1. The molecule has 2 heterocycles. The molecular formula is C22H29N3O3. The summed E-state index contributed by atoms with van der Waals surface area (Å²) in [5.74, 6) is -0.347. The van der Waals surface area contributed by atoms with Crippen molar-refractivity contribution < 1.29 is 14.6 Å². The number of aliphatic carboxylic acids is 1. The van der Waals surface area contributed by atoms with E-state index in [1.807, 2.05) is 61.8 Å². The molecule has 0 amide bonds. The summed E-state index contributed by atoms with van der Waals surface area (Å²) < 4.78 is 6.26. The molecule has 28 heavy (non-hydrogen) atoms. The van der Waals surface area contributed by atoms with Gasteiger partial charge >= 0.3 is 5.97 Å². The van der Waals surface area contributed by atoms with Gasteiger partial charge in [0.25, 0.3) is 0 Å². The van der Waals surface area contributed by atoms with Crippen molar-refractivity contribution in [1.82, 2.24) is 9.88 Å². The quantitative estimate of drug-likeness (QED) is 0.715. The summed E-state index contributed by atoms with van der Waals surface area (Å²) in [6.07, 6.45) is 5.39. The topological polar surface area (TPSA) is 65.9 Å². The zero-order chi connectivity index (χ0) is 19.8. The first-order valence-electron chi connectivity index (χ1n) is 10.0. The van der Waals surface area contributed by atoms with E-state index >= 15 is 0 Å². The Labute approximate surface area is 166 Å². The van der Waals surface area contributed by atoms with Crippen molar-refractivity contribution in [3.05, 3.63) is 54.9 Å². The molecule has 1 fully saturated rings. The predicted octanol–water partition coefficient (Wildman–Crippen LogP) is 3.50. The van der Waals surface area contributed by atoms with Crippen molar-refractivity contribution in [1.29, 1.82) is 0 Å². The Morgan fingerprint density at radius 3 is 2.39 bits per heavy atom. The van der Waals surface area contributed by atoms with E-state index in [0.29, 0.717) is 12.8 Å². The summed E-state index contributed by atoms with van der Waals surface area (Å²) in [6, 6.07) is 13.7. The first-order valence-corrected chi connectivity index (χ1v) is 10.0. The van der Waals surface area contributed by atoms with E-state index in [1.54, 1.807) is 0 Å². The highest BCUT2D eigenvalue weighted by molar-refractivity contribution is 5.69. The van der Waals surface area contributed by atoms with Crippen LogP contribution >= 0.6 is 0 Å². The van der Waals surface area contributed by atoms with Gasteiger partial charge in [-0.15, -0.1) is 0 Å². The van der Waals surface area contributed by atoms with Crippen LogP contribution in [0.2, 0.25) is 0 Å². The van der Waals surface area contributed by atoms with Crippen molar-refractivity contribution in [2.24, 2.45) is 5.92 Å². The van der Waals surface area contributed by atoms with E-state index in [-0.39, 0.29) is 6.23 Å². The Hall–Kier alpha value is -2.60. The van der Waals surface area contributed by atoms with Crippen LogP contribution in [-0.2, 0) is 4.79 Å². The van der Waals surface area contributed by atoms with Crippen LogP contribution in [0.4, 0.5) is 5.69 Å². The van der Waals surface area contributed by atoms with Crippen molar-refractivity contribution >= 4 is 11.7 Å². The van der Waals surface area contributed by atoms with Gasteiger partial charge in [0.2, 0.25) is 0 Å². The van der Waals surface area contributed by atoms with Gasteiger partial charge in [-0.25, -0.2) is 0 Å². The number of piperazine rings is 1. The molecule has 1 aliphatic heterocycles. The van der Waals surface area contributed by atoms with Crippen LogP contribution in [0.1, 0.15) is 26.2 Å². The number of nitrogens with zero attached hydrogens (tertiary/aromatic N) is 3. The average molecular weight is 383 g/mol.